The van der Waals surface area contributed by atoms with Crippen LogP contribution in [0.25, 0.3) is 11.0 Å². The van der Waals surface area contributed by atoms with Crippen LogP contribution in [-0.2, 0) is 0 Å². The second-order valence-electron chi connectivity index (χ2n) is 4.85. The van der Waals surface area contributed by atoms with Gasteiger partial charge in [-0.2, -0.15) is 5.10 Å². The van der Waals surface area contributed by atoms with Crippen LogP contribution < -0.4 is 4.74 Å². The highest BCUT2D eigenvalue weighted by molar-refractivity contribution is 5.85. The van der Waals surface area contributed by atoms with Crippen LogP contribution in [-0.4, -0.2) is 21.9 Å². The van der Waals surface area contributed by atoms with Gasteiger partial charge in [-0.15, -0.1) is 5.10 Å². The molecule has 92 valence electrons. The molecule has 17 heavy (non-hydrogen) atoms. The second kappa shape index (κ2) is 4.35. The summed E-state index contributed by atoms with van der Waals surface area (Å²) in [4.78, 5) is 0. The van der Waals surface area contributed by atoms with Gasteiger partial charge in [-0.25, -0.2) is 0 Å². The third-order valence-electron chi connectivity index (χ3n) is 3.00. The molecule has 0 atom stereocenters. The lowest BCUT2D eigenvalue weighted by atomic mass is 10.1. The van der Waals surface area contributed by atoms with Gasteiger partial charge in [-0.3, -0.25) is 0 Å². The van der Waals surface area contributed by atoms with E-state index < -0.39 is 0 Å². The van der Waals surface area contributed by atoms with E-state index in [9.17, 15) is 0 Å². The molecule has 0 aliphatic rings. The number of methoxy groups -OCH3 is 1. The fraction of sp³-hybridized carbons (Fsp3) is 0.538. The average molecular weight is 233 g/mol. The molecule has 0 aliphatic heterocycles. The van der Waals surface area contributed by atoms with E-state index in [1.165, 1.54) is 5.56 Å². The molecule has 0 aromatic carbocycles. The first-order chi connectivity index (χ1) is 8.06. The zero-order valence-corrected chi connectivity index (χ0v) is 11.1. The fourth-order valence-electron chi connectivity index (χ4n) is 2.06. The zero-order valence-electron chi connectivity index (χ0n) is 11.1. The third kappa shape index (κ3) is 1.88. The summed E-state index contributed by atoms with van der Waals surface area (Å²) in [6.07, 6.45) is 3.84. The average Bonchev–Trinajstić information content (AvgIpc) is 2.68. The first-order valence-electron chi connectivity index (χ1n) is 5.96. The summed E-state index contributed by atoms with van der Waals surface area (Å²) < 4.78 is 7.59. The minimum atomic E-state index is 0.378. The van der Waals surface area contributed by atoms with Crippen LogP contribution in [0, 0.1) is 0 Å². The number of ether oxygens (including phenoxy) is 1. The molecule has 2 rings (SSSR count). The van der Waals surface area contributed by atoms with Crippen LogP contribution in [0.15, 0.2) is 12.4 Å². The van der Waals surface area contributed by atoms with Gasteiger partial charge in [0.25, 0.3) is 0 Å². The number of nitrogens with zero attached hydrogens (tertiary/aromatic N) is 3. The maximum atomic E-state index is 5.39. The molecule has 0 N–H and O–H groups in total. The molecule has 0 spiro atoms. The lowest BCUT2D eigenvalue weighted by molar-refractivity contribution is 0.413. The number of aromatic nitrogens is 3. The standard InChI is InChI=1S/C13H19N3O/c1-8(2)10-7-16(9(3)4)13-11(17-5)6-14-15-12(10)13/h6-9H,1-5H3. The topological polar surface area (TPSA) is 39.9 Å². The number of rotatable bonds is 3. The van der Waals surface area contributed by atoms with Crippen molar-refractivity contribution in [3.05, 3.63) is 18.0 Å². The summed E-state index contributed by atoms with van der Waals surface area (Å²) in [6, 6.07) is 0.378. The highest BCUT2D eigenvalue weighted by Gasteiger charge is 2.18. The highest BCUT2D eigenvalue weighted by atomic mass is 16.5. The Kier molecular flexibility index (Phi) is 3.05. The van der Waals surface area contributed by atoms with Gasteiger partial charge in [0.2, 0.25) is 0 Å². The molecule has 0 radical (unpaired) electrons. The van der Waals surface area contributed by atoms with E-state index in [2.05, 4.69) is 48.7 Å². The van der Waals surface area contributed by atoms with Crippen molar-refractivity contribution in [2.75, 3.05) is 7.11 Å². The SMILES string of the molecule is COc1cnnc2c(C(C)C)cn(C(C)C)c12. The van der Waals surface area contributed by atoms with Crippen LogP contribution in [0.3, 0.4) is 0 Å². The monoisotopic (exact) mass is 233 g/mol. The van der Waals surface area contributed by atoms with Gasteiger partial charge >= 0.3 is 0 Å². The first kappa shape index (κ1) is 11.9. The Morgan fingerprint density at radius 2 is 1.94 bits per heavy atom. The third-order valence-corrected chi connectivity index (χ3v) is 3.00. The molecule has 0 fully saturated rings. The largest absolute Gasteiger partial charge is 0.493 e. The summed E-state index contributed by atoms with van der Waals surface area (Å²) in [5, 5.41) is 8.27. The maximum Gasteiger partial charge on any atom is 0.164 e. The van der Waals surface area contributed by atoms with Crippen molar-refractivity contribution in [2.24, 2.45) is 0 Å². The van der Waals surface area contributed by atoms with Crippen LogP contribution in [0.4, 0.5) is 0 Å². The van der Waals surface area contributed by atoms with Crippen molar-refractivity contribution in [3.8, 4) is 5.75 Å². The van der Waals surface area contributed by atoms with Crippen molar-refractivity contribution in [2.45, 2.75) is 39.7 Å². The van der Waals surface area contributed by atoms with Crippen LogP contribution >= 0.6 is 0 Å². The lowest BCUT2D eigenvalue weighted by Crippen LogP contribution is -2.00. The van der Waals surface area contributed by atoms with Gasteiger partial charge in [0.15, 0.2) is 5.75 Å². The van der Waals surface area contributed by atoms with Crippen LogP contribution in [0.5, 0.6) is 5.75 Å². The van der Waals surface area contributed by atoms with Crippen molar-refractivity contribution >= 4 is 11.0 Å². The minimum absolute atomic E-state index is 0.378. The molecule has 2 aromatic rings. The van der Waals surface area contributed by atoms with Crippen LogP contribution in [0.2, 0.25) is 0 Å². The number of hydrogen-bond acceptors (Lipinski definition) is 3. The Labute approximate surface area is 102 Å². The van der Waals surface area contributed by atoms with Crippen molar-refractivity contribution in [1.82, 2.24) is 14.8 Å². The minimum Gasteiger partial charge on any atom is -0.493 e. The normalized spacial score (nSPS) is 11.7. The predicted molar refractivity (Wildman–Crippen MR) is 68.6 cm³/mol. The van der Waals surface area contributed by atoms with Gasteiger partial charge < -0.3 is 9.30 Å². The molecule has 0 bridgehead atoms. The molecular weight excluding hydrogens is 214 g/mol. The fourth-order valence-corrected chi connectivity index (χ4v) is 2.06. The van der Waals surface area contributed by atoms with Gasteiger partial charge in [-0.05, 0) is 19.8 Å². The lowest BCUT2D eigenvalue weighted by Gasteiger charge is -2.10. The van der Waals surface area contributed by atoms with Gasteiger partial charge in [0.05, 0.1) is 13.3 Å². The Hall–Kier alpha value is -1.58. The summed E-state index contributed by atoms with van der Waals surface area (Å²) in [5.41, 5.74) is 3.22. The second-order valence-corrected chi connectivity index (χ2v) is 4.85. The van der Waals surface area contributed by atoms with E-state index in [4.69, 9.17) is 4.74 Å². The van der Waals surface area contributed by atoms with E-state index in [-0.39, 0.29) is 0 Å². The quantitative estimate of drug-likeness (QED) is 0.817. The molecule has 0 amide bonds. The van der Waals surface area contributed by atoms with E-state index in [0.717, 1.165) is 16.8 Å². The molecule has 4 heteroatoms. The molecular formula is C13H19N3O. The molecule has 0 saturated carbocycles. The smallest absolute Gasteiger partial charge is 0.164 e. The van der Waals surface area contributed by atoms with E-state index in [0.29, 0.717) is 12.0 Å². The molecule has 2 heterocycles. The Bertz CT molecular complexity index is 529. The summed E-state index contributed by atoms with van der Waals surface area (Å²) in [5.74, 6) is 1.22. The Morgan fingerprint density at radius 1 is 1.24 bits per heavy atom. The maximum absolute atomic E-state index is 5.39. The van der Waals surface area contributed by atoms with Crippen molar-refractivity contribution < 1.29 is 4.74 Å². The molecule has 0 unspecified atom stereocenters. The zero-order chi connectivity index (χ0) is 12.6. The Balaban J connectivity index is 2.81. The van der Waals surface area contributed by atoms with Gasteiger partial charge in [0, 0.05) is 17.8 Å². The van der Waals surface area contributed by atoms with E-state index in [1.54, 1.807) is 13.3 Å². The summed E-state index contributed by atoms with van der Waals surface area (Å²) in [6.45, 7) is 8.65. The Morgan fingerprint density at radius 3 is 2.47 bits per heavy atom. The predicted octanol–water partition coefficient (Wildman–Crippen LogP) is 3.14. The van der Waals surface area contributed by atoms with Gasteiger partial charge in [-0.1, -0.05) is 13.8 Å². The van der Waals surface area contributed by atoms with Crippen LogP contribution in [0.1, 0.15) is 45.2 Å². The molecule has 0 saturated heterocycles. The van der Waals surface area contributed by atoms with E-state index in [1.807, 2.05) is 0 Å². The highest BCUT2D eigenvalue weighted by Crippen LogP contribution is 2.32. The first-order valence-corrected chi connectivity index (χ1v) is 5.96. The summed E-state index contributed by atoms with van der Waals surface area (Å²) in [7, 11) is 1.67. The molecule has 0 aliphatic carbocycles. The molecule has 2 aromatic heterocycles. The number of hydrogen-bond donors (Lipinski definition) is 0. The molecule has 4 nitrogen and oxygen atoms in total. The number of fused-ring (bicyclic) bond motifs is 1. The van der Waals surface area contributed by atoms with E-state index >= 15 is 0 Å². The van der Waals surface area contributed by atoms with Crippen molar-refractivity contribution in [1.29, 1.82) is 0 Å². The van der Waals surface area contributed by atoms with Gasteiger partial charge in [0.1, 0.15) is 11.0 Å². The van der Waals surface area contributed by atoms with Crippen molar-refractivity contribution in [3.63, 3.8) is 0 Å². The summed E-state index contributed by atoms with van der Waals surface area (Å²) >= 11 is 0.